The van der Waals surface area contributed by atoms with E-state index in [9.17, 15) is 13.2 Å². The van der Waals surface area contributed by atoms with E-state index in [0.717, 1.165) is 12.8 Å². The second kappa shape index (κ2) is 5.38. The molecule has 1 aliphatic heterocycles. The number of nitrogens with zero attached hydrogens (tertiary/aromatic N) is 1. The van der Waals surface area contributed by atoms with E-state index in [1.54, 1.807) is 12.1 Å². The molecule has 1 aromatic heterocycles. The molecule has 24 heavy (non-hydrogen) atoms. The summed E-state index contributed by atoms with van der Waals surface area (Å²) < 4.78 is 43.4. The molecule has 1 saturated carbocycles. The quantitative estimate of drug-likeness (QED) is 0.751. The molecule has 0 saturated heterocycles. The number of hydrogen-bond acceptors (Lipinski definition) is 2. The van der Waals surface area contributed by atoms with Crippen molar-refractivity contribution < 1.29 is 13.2 Å². The lowest BCUT2D eigenvalue weighted by molar-refractivity contribution is -0.180. The maximum absolute atomic E-state index is 14.5. The molecule has 1 unspecified atom stereocenters. The third kappa shape index (κ3) is 2.37. The Morgan fingerprint density at radius 1 is 1.17 bits per heavy atom. The lowest BCUT2D eigenvalue weighted by Gasteiger charge is -2.42. The summed E-state index contributed by atoms with van der Waals surface area (Å²) in [6.45, 7) is 0. The minimum Gasteiger partial charge on any atom is -0.354 e. The summed E-state index contributed by atoms with van der Waals surface area (Å²) >= 11 is 6.05. The third-order valence-corrected chi connectivity index (χ3v) is 5.34. The van der Waals surface area contributed by atoms with Gasteiger partial charge < -0.3 is 5.32 Å². The molecule has 126 valence electrons. The molecule has 2 heterocycles. The van der Waals surface area contributed by atoms with Crippen molar-refractivity contribution in [1.29, 1.82) is 0 Å². The van der Waals surface area contributed by atoms with Crippen LogP contribution in [0.1, 0.15) is 36.8 Å². The second-order valence-corrected chi connectivity index (χ2v) is 7.06. The molecule has 0 bridgehead atoms. The zero-order valence-electron chi connectivity index (χ0n) is 12.8. The molecule has 1 fully saturated rings. The zero-order valence-corrected chi connectivity index (χ0v) is 13.6. The van der Waals surface area contributed by atoms with E-state index in [1.165, 1.54) is 24.5 Å². The van der Waals surface area contributed by atoms with Gasteiger partial charge in [-0.05, 0) is 54.2 Å². The Labute approximate surface area is 143 Å². The van der Waals surface area contributed by atoms with Gasteiger partial charge in [0.1, 0.15) is 5.41 Å². The molecule has 6 heteroatoms. The van der Waals surface area contributed by atoms with Crippen LogP contribution >= 0.6 is 11.6 Å². The largest absolute Gasteiger partial charge is 0.402 e. The monoisotopic (exact) mass is 352 g/mol. The van der Waals surface area contributed by atoms with Gasteiger partial charge in [0.15, 0.2) is 0 Å². The van der Waals surface area contributed by atoms with Crippen molar-refractivity contribution in [2.75, 3.05) is 5.32 Å². The molecule has 2 nitrogen and oxygen atoms in total. The summed E-state index contributed by atoms with van der Waals surface area (Å²) in [5.74, 6) is 0.409. The van der Waals surface area contributed by atoms with Crippen molar-refractivity contribution in [2.24, 2.45) is 5.92 Å². The van der Waals surface area contributed by atoms with Gasteiger partial charge in [0.05, 0.1) is 11.9 Å². The number of aromatic nitrogens is 1. The molecule has 1 aliphatic carbocycles. The van der Waals surface area contributed by atoms with Crippen LogP contribution in [0.15, 0.2) is 36.7 Å². The lowest BCUT2D eigenvalue weighted by atomic mass is 9.67. The van der Waals surface area contributed by atoms with E-state index in [2.05, 4.69) is 10.3 Å². The van der Waals surface area contributed by atoms with Crippen LogP contribution in [0.5, 0.6) is 0 Å². The van der Waals surface area contributed by atoms with E-state index in [1.807, 2.05) is 0 Å². The van der Waals surface area contributed by atoms with Crippen LogP contribution in [0.2, 0.25) is 5.02 Å². The molecule has 1 N–H and O–H groups in total. The van der Waals surface area contributed by atoms with Crippen LogP contribution in [-0.4, -0.2) is 11.2 Å². The van der Waals surface area contributed by atoms with Crippen molar-refractivity contribution in [3.63, 3.8) is 0 Å². The number of alkyl halides is 3. The average Bonchev–Trinajstić information content (AvgIpc) is 3.35. The number of rotatable bonds is 3. The predicted molar refractivity (Wildman–Crippen MR) is 87.8 cm³/mol. The Bertz CT molecular complexity index is 786. The van der Waals surface area contributed by atoms with E-state index in [-0.39, 0.29) is 17.5 Å². The zero-order chi connectivity index (χ0) is 16.9. The van der Waals surface area contributed by atoms with Crippen molar-refractivity contribution in [3.05, 3.63) is 52.8 Å². The number of pyridine rings is 1. The van der Waals surface area contributed by atoms with Crippen LogP contribution < -0.4 is 5.32 Å². The SMILES string of the molecule is FC(F)(F)C1(CCC2CC2)c2ccncc2Nc2ccc(Cl)cc21. The minimum atomic E-state index is -4.42. The van der Waals surface area contributed by atoms with Gasteiger partial charge in [-0.1, -0.05) is 24.4 Å². The topological polar surface area (TPSA) is 24.9 Å². The van der Waals surface area contributed by atoms with Crippen molar-refractivity contribution >= 4 is 23.0 Å². The van der Waals surface area contributed by atoms with Crippen molar-refractivity contribution in [3.8, 4) is 0 Å². The van der Waals surface area contributed by atoms with Gasteiger partial charge in [-0.25, -0.2) is 0 Å². The van der Waals surface area contributed by atoms with E-state index < -0.39 is 11.6 Å². The minimum absolute atomic E-state index is 0.0349. The number of nitrogens with one attached hydrogen (secondary N) is 1. The first-order valence-electron chi connectivity index (χ1n) is 8.00. The molecular formula is C18H16ClF3N2. The first-order valence-corrected chi connectivity index (χ1v) is 8.38. The molecule has 4 rings (SSSR count). The van der Waals surface area contributed by atoms with Crippen LogP contribution in [-0.2, 0) is 5.41 Å². The number of benzene rings is 1. The van der Waals surface area contributed by atoms with Gasteiger partial charge in [-0.15, -0.1) is 0 Å². The van der Waals surface area contributed by atoms with Crippen LogP contribution in [0.25, 0.3) is 0 Å². The highest BCUT2D eigenvalue weighted by atomic mass is 35.5. The standard InChI is InChI=1S/C18H16ClF3N2/c19-12-3-4-15-14(9-12)17(18(20,21)22,7-5-11-1-2-11)13-6-8-23-10-16(13)24-15/h3-4,6,8-11,24H,1-2,5,7H2. The number of hydrogen-bond donors (Lipinski definition) is 1. The predicted octanol–water partition coefficient (Wildman–Crippen LogP) is 5.83. The fraction of sp³-hybridized carbons (Fsp3) is 0.389. The lowest BCUT2D eigenvalue weighted by Crippen LogP contribution is -2.46. The first kappa shape index (κ1) is 15.8. The summed E-state index contributed by atoms with van der Waals surface area (Å²) in [6, 6.07) is 6.15. The van der Waals surface area contributed by atoms with Crippen LogP contribution in [0.3, 0.4) is 0 Å². The summed E-state index contributed by atoms with van der Waals surface area (Å²) in [4.78, 5) is 3.99. The summed E-state index contributed by atoms with van der Waals surface area (Å²) in [6.07, 6.45) is 1.12. The summed E-state index contributed by atoms with van der Waals surface area (Å²) in [5.41, 5.74) is -0.727. The van der Waals surface area contributed by atoms with Crippen LogP contribution in [0.4, 0.5) is 24.5 Å². The Kier molecular flexibility index (Phi) is 3.53. The third-order valence-electron chi connectivity index (χ3n) is 5.10. The normalized spacial score (nSPS) is 22.5. The summed E-state index contributed by atoms with van der Waals surface area (Å²) in [7, 11) is 0. The molecule has 2 aliphatic rings. The smallest absolute Gasteiger partial charge is 0.354 e. The van der Waals surface area contributed by atoms with Crippen LogP contribution in [0, 0.1) is 5.92 Å². The highest BCUT2D eigenvalue weighted by Gasteiger charge is 2.60. The average molecular weight is 353 g/mol. The first-order chi connectivity index (χ1) is 11.4. The Hall–Kier alpha value is -1.75. The van der Waals surface area contributed by atoms with Gasteiger partial charge in [0.25, 0.3) is 0 Å². The maximum Gasteiger partial charge on any atom is 0.402 e. The van der Waals surface area contributed by atoms with Gasteiger partial charge in [-0.3, -0.25) is 4.98 Å². The van der Waals surface area contributed by atoms with Crippen molar-refractivity contribution in [1.82, 2.24) is 4.98 Å². The fourth-order valence-electron chi connectivity index (χ4n) is 3.68. The molecule has 1 atom stereocenters. The van der Waals surface area contributed by atoms with Gasteiger partial charge in [-0.2, -0.15) is 13.2 Å². The van der Waals surface area contributed by atoms with Gasteiger partial charge in [0, 0.05) is 16.9 Å². The Morgan fingerprint density at radius 2 is 1.96 bits per heavy atom. The second-order valence-electron chi connectivity index (χ2n) is 6.62. The van der Waals surface area contributed by atoms with E-state index in [4.69, 9.17) is 11.6 Å². The van der Waals surface area contributed by atoms with Crippen molar-refractivity contribution in [2.45, 2.75) is 37.3 Å². The molecule has 2 aromatic rings. The molecule has 0 spiro atoms. The molecule has 0 amide bonds. The number of fused-ring (bicyclic) bond motifs is 2. The van der Waals surface area contributed by atoms with E-state index in [0.29, 0.717) is 28.7 Å². The summed E-state index contributed by atoms with van der Waals surface area (Å²) in [5, 5.41) is 3.39. The van der Waals surface area contributed by atoms with Gasteiger partial charge in [0.2, 0.25) is 0 Å². The Balaban J connectivity index is 1.96. The maximum atomic E-state index is 14.5. The number of anilines is 2. The highest BCUT2D eigenvalue weighted by molar-refractivity contribution is 6.30. The number of halogens is 4. The highest BCUT2D eigenvalue weighted by Crippen LogP contribution is 2.57. The molecular weight excluding hydrogens is 337 g/mol. The van der Waals surface area contributed by atoms with E-state index >= 15 is 0 Å². The molecule has 0 radical (unpaired) electrons. The fourth-order valence-corrected chi connectivity index (χ4v) is 3.85. The van der Waals surface area contributed by atoms with Gasteiger partial charge >= 0.3 is 6.18 Å². The Morgan fingerprint density at radius 3 is 2.67 bits per heavy atom. The molecule has 1 aromatic carbocycles.